The Labute approximate surface area is 197 Å². The monoisotopic (exact) mass is 466 g/mol. The Bertz CT molecular complexity index is 1190. The Balaban J connectivity index is 1.33. The van der Waals surface area contributed by atoms with E-state index in [-0.39, 0.29) is 11.3 Å². The molecule has 4 nitrogen and oxygen atoms in total. The summed E-state index contributed by atoms with van der Waals surface area (Å²) in [5.74, 6) is 1.63. The van der Waals surface area contributed by atoms with Crippen molar-refractivity contribution in [2.24, 2.45) is 0 Å². The van der Waals surface area contributed by atoms with Crippen molar-refractivity contribution >= 4 is 29.1 Å². The molecule has 1 amide bonds. The number of carbonyl (C=O) groups excluding carboxylic acids is 1. The molecule has 0 spiro atoms. The highest BCUT2D eigenvalue weighted by Crippen LogP contribution is 2.50. The van der Waals surface area contributed by atoms with Crippen LogP contribution in [0.25, 0.3) is 0 Å². The van der Waals surface area contributed by atoms with Gasteiger partial charge in [-0.1, -0.05) is 41.4 Å². The summed E-state index contributed by atoms with van der Waals surface area (Å²) in [6, 6.07) is 15.4. The molecule has 32 heavy (non-hydrogen) atoms. The summed E-state index contributed by atoms with van der Waals surface area (Å²) in [5.41, 5.74) is 3.41. The van der Waals surface area contributed by atoms with E-state index in [1.807, 2.05) is 31.2 Å². The van der Waals surface area contributed by atoms with E-state index < -0.39 is 0 Å². The SMILES string of the molecule is Cc1cc(C(=O)NCC2(c3ccc(Cl)cc3Cl)CC2)c(Oc2cccc(C3CC3)c2)cn1. The van der Waals surface area contributed by atoms with Gasteiger partial charge in [0, 0.05) is 27.7 Å². The molecule has 1 N–H and O–H groups in total. The number of rotatable bonds is 7. The Morgan fingerprint density at radius 3 is 2.69 bits per heavy atom. The molecule has 6 heteroatoms. The lowest BCUT2D eigenvalue weighted by Gasteiger charge is -2.19. The van der Waals surface area contributed by atoms with Gasteiger partial charge in [0.25, 0.3) is 5.91 Å². The lowest BCUT2D eigenvalue weighted by atomic mass is 9.95. The van der Waals surface area contributed by atoms with E-state index in [4.69, 9.17) is 27.9 Å². The first-order chi connectivity index (χ1) is 15.4. The highest BCUT2D eigenvalue weighted by Gasteiger charge is 2.45. The summed E-state index contributed by atoms with van der Waals surface area (Å²) >= 11 is 12.5. The zero-order valence-electron chi connectivity index (χ0n) is 17.8. The van der Waals surface area contributed by atoms with Gasteiger partial charge >= 0.3 is 0 Å². The first-order valence-corrected chi connectivity index (χ1v) is 11.7. The third-order valence-electron chi connectivity index (χ3n) is 6.33. The van der Waals surface area contributed by atoms with Crippen molar-refractivity contribution in [1.82, 2.24) is 10.3 Å². The number of pyridine rings is 1. The molecule has 0 radical (unpaired) electrons. The van der Waals surface area contributed by atoms with Gasteiger partial charge in [0.05, 0.1) is 11.8 Å². The number of carbonyl (C=O) groups is 1. The molecule has 0 bridgehead atoms. The average molecular weight is 467 g/mol. The number of hydrogen-bond donors (Lipinski definition) is 1. The summed E-state index contributed by atoms with van der Waals surface area (Å²) in [6.07, 6.45) is 6.02. The molecule has 2 fully saturated rings. The Hall–Kier alpha value is -2.56. The van der Waals surface area contributed by atoms with E-state index in [2.05, 4.69) is 22.4 Å². The van der Waals surface area contributed by atoms with Gasteiger partial charge in [-0.05, 0) is 80.0 Å². The first kappa shape index (κ1) is 21.3. The maximum Gasteiger partial charge on any atom is 0.255 e. The van der Waals surface area contributed by atoms with Crippen LogP contribution in [-0.2, 0) is 5.41 Å². The first-order valence-electron chi connectivity index (χ1n) is 10.9. The standard InChI is InChI=1S/C26H24Cl2N2O2/c1-16-11-21(24(14-29-16)32-20-4-2-3-18(12-20)17-5-6-17)25(31)30-15-26(9-10-26)22-8-7-19(27)13-23(22)28/h2-4,7-8,11-14,17H,5-6,9-10,15H2,1H3,(H,30,31). The summed E-state index contributed by atoms with van der Waals surface area (Å²) in [4.78, 5) is 17.5. The molecule has 0 aliphatic heterocycles. The molecule has 1 heterocycles. The van der Waals surface area contributed by atoms with Crippen LogP contribution in [0.1, 0.15) is 58.8 Å². The van der Waals surface area contributed by atoms with Crippen LogP contribution in [0.15, 0.2) is 54.7 Å². The maximum absolute atomic E-state index is 13.2. The maximum atomic E-state index is 13.2. The van der Waals surface area contributed by atoms with Crippen molar-refractivity contribution < 1.29 is 9.53 Å². The van der Waals surface area contributed by atoms with E-state index in [1.165, 1.54) is 18.4 Å². The van der Waals surface area contributed by atoms with Gasteiger partial charge in [-0.15, -0.1) is 0 Å². The topological polar surface area (TPSA) is 51.2 Å². The predicted molar refractivity (Wildman–Crippen MR) is 127 cm³/mol. The summed E-state index contributed by atoms with van der Waals surface area (Å²) in [5, 5.41) is 4.35. The van der Waals surface area contributed by atoms with Crippen LogP contribution < -0.4 is 10.1 Å². The number of aryl methyl sites for hydroxylation is 1. The van der Waals surface area contributed by atoms with E-state index >= 15 is 0 Å². The largest absolute Gasteiger partial charge is 0.455 e. The number of nitrogens with one attached hydrogen (secondary N) is 1. The lowest BCUT2D eigenvalue weighted by molar-refractivity contribution is 0.0947. The smallest absolute Gasteiger partial charge is 0.255 e. The minimum Gasteiger partial charge on any atom is -0.455 e. The van der Waals surface area contributed by atoms with Gasteiger partial charge < -0.3 is 10.1 Å². The van der Waals surface area contributed by atoms with Crippen molar-refractivity contribution in [2.75, 3.05) is 6.54 Å². The minimum atomic E-state index is -0.180. The summed E-state index contributed by atoms with van der Waals surface area (Å²) < 4.78 is 6.11. The quantitative estimate of drug-likeness (QED) is 0.415. The normalized spacial score (nSPS) is 16.5. The molecular formula is C26H24Cl2N2O2. The van der Waals surface area contributed by atoms with E-state index in [1.54, 1.807) is 18.3 Å². The number of hydrogen-bond acceptors (Lipinski definition) is 3. The molecule has 0 atom stereocenters. The lowest BCUT2D eigenvalue weighted by Crippen LogP contribution is -2.32. The van der Waals surface area contributed by atoms with Gasteiger partial charge in [-0.25, -0.2) is 0 Å². The van der Waals surface area contributed by atoms with E-state index in [0.717, 1.165) is 29.8 Å². The molecule has 1 aromatic heterocycles. The van der Waals surface area contributed by atoms with Gasteiger partial charge in [-0.2, -0.15) is 0 Å². The molecule has 164 valence electrons. The third-order valence-corrected chi connectivity index (χ3v) is 6.87. The fourth-order valence-corrected chi connectivity index (χ4v) is 4.75. The molecule has 2 saturated carbocycles. The van der Waals surface area contributed by atoms with Gasteiger partial charge in [0.15, 0.2) is 5.75 Å². The van der Waals surface area contributed by atoms with E-state index in [9.17, 15) is 4.79 Å². The van der Waals surface area contributed by atoms with Crippen molar-refractivity contribution in [1.29, 1.82) is 0 Å². The second-order valence-electron chi connectivity index (χ2n) is 8.86. The second-order valence-corrected chi connectivity index (χ2v) is 9.70. The van der Waals surface area contributed by atoms with Crippen LogP contribution in [0, 0.1) is 6.92 Å². The predicted octanol–water partition coefficient (Wildman–Crippen LogP) is 6.83. The van der Waals surface area contributed by atoms with E-state index in [0.29, 0.717) is 33.8 Å². The zero-order chi connectivity index (χ0) is 22.3. The molecule has 0 saturated heterocycles. The highest BCUT2D eigenvalue weighted by atomic mass is 35.5. The molecule has 2 aliphatic carbocycles. The van der Waals surface area contributed by atoms with Crippen molar-refractivity contribution in [2.45, 2.75) is 43.9 Å². The second kappa shape index (κ2) is 8.42. The van der Waals surface area contributed by atoms with Crippen LogP contribution in [0.3, 0.4) is 0 Å². The summed E-state index contributed by atoms with van der Waals surface area (Å²) in [6.45, 7) is 2.37. The number of amides is 1. The molecule has 2 aliphatic rings. The Morgan fingerprint density at radius 1 is 1.16 bits per heavy atom. The number of ether oxygens (including phenoxy) is 1. The number of aromatic nitrogens is 1. The molecule has 3 aromatic rings. The zero-order valence-corrected chi connectivity index (χ0v) is 19.3. The molecule has 2 aromatic carbocycles. The van der Waals surface area contributed by atoms with Gasteiger partial charge in [-0.3, -0.25) is 9.78 Å². The Kier molecular flexibility index (Phi) is 5.60. The van der Waals surface area contributed by atoms with Crippen molar-refractivity contribution in [3.63, 3.8) is 0 Å². The fraction of sp³-hybridized carbons (Fsp3) is 0.308. The average Bonchev–Trinajstić information content (AvgIpc) is 3.68. The van der Waals surface area contributed by atoms with Crippen LogP contribution in [-0.4, -0.2) is 17.4 Å². The van der Waals surface area contributed by atoms with Gasteiger partial charge in [0.2, 0.25) is 0 Å². The van der Waals surface area contributed by atoms with Crippen LogP contribution in [0.2, 0.25) is 10.0 Å². The third kappa shape index (κ3) is 4.48. The van der Waals surface area contributed by atoms with Crippen molar-refractivity contribution in [3.8, 4) is 11.5 Å². The van der Waals surface area contributed by atoms with Gasteiger partial charge in [0.1, 0.15) is 5.75 Å². The van der Waals surface area contributed by atoms with Crippen LogP contribution in [0.4, 0.5) is 0 Å². The van der Waals surface area contributed by atoms with Crippen molar-refractivity contribution in [3.05, 3.63) is 87.2 Å². The number of benzene rings is 2. The fourth-order valence-electron chi connectivity index (χ4n) is 4.14. The number of nitrogens with zero attached hydrogens (tertiary/aromatic N) is 1. The van der Waals surface area contributed by atoms with Crippen LogP contribution >= 0.6 is 23.2 Å². The minimum absolute atomic E-state index is 0.140. The number of halogens is 2. The summed E-state index contributed by atoms with van der Waals surface area (Å²) in [7, 11) is 0. The molecule has 5 rings (SSSR count). The van der Waals surface area contributed by atoms with Crippen LogP contribution in [0.5, 0.6) is 11.5 Å². The molecule has 0 unspecified atom stereocenters. The highest BCUT2D eigenvalue weighted by molar-refractivity contribution is 6.35. The molecular weight excluding hydrogens is 443 g/mol. The Morgan fingerprint density at radius 2 is 1.97 bits per heavy atom.